The molecule has 3 atom stereocenters. The number of benzene rings is 1. The van der Waals surface area contributed by atoms with Gasteiger partial charge < -0.3 is 9.84 Å². The lowest BCUT2D eigenvalue weighted by Gasteiger charge is -1.97. The second kappa shape index (κ2) is 2.88. The summed E-state index contributed by atoms with van der Waals surface area (Å²) in [5, 5.41) is 9.20. The van der Waals surface area contributed by atoms with Crippen LogP contribution in [0.2, 0.25) is 0 Å². The second-order valence-corrected chi connectivity index (χ2v) is 3.17. The maximum Gasteiger partial charge on any atom is 0.114 e. The first kappa shape index (κ1) is 7.77. The zero-order valence-electron chi connectivity index (χ0n) is 6.97. The molecule has 0 radical (unpaired) electrons. The van der Waals surface area contributed by atoms with Crippen molar-refractivity contribution in [2.45, 2.75) is 25.2 Å². The van der Waals surface area contributed by atoms with Crippen LogP contribution in [-0.2, 0) is 4.74 Å². The van der Waals surface area contributed by atoms with E-state index in [2.05, 4.69) is 0 Å². The van der Waals surface area contributed by atoms with Crippen molar-refractivity contribution in [2.75, 3.05) is 0 Å². The smallest absolute Gasteiger partial charge is 0.114 e. The summed E-state index contributed by atoms with van der Waals surface area (Å²) in [6, 6.07) is 9.98. The Morgan fingerprint density at radius 2 is 2.00 bits per heavy atom. The van der Waals surface area contributed by atoms with Gasteiger partial charge in [0.25, 0.3) is 0 Å². The van der Waals surface area contributed by atoms with E-state index in [0.717, 1.165) is 5.56 Å². The molecule has 0 aliphatic carbocycles. The molecule has 2 nitrogen and oxygen atoms in total. The number of hydrogen-bond donors (Lipinski definition) is 1. The van der Waals surface area contributed by atoms with Crippen molar-refractivity contribution >= 4 is 0 Å². The summed E-state index contributed by atoms with van der Waals surface area (Å²) in [7, 11) is 0. The average Bonchev–Trinajstić information content (AvgIpc) is 2.84. The number of rotatable bonds is 2. The molecule has 2 heteroatoms. The van der Waals surface area contributed by atoms with Crippen molar-refractivity contribution in [1.82, 2.24) is 0 Å². The van der Waals surface area contributed by atoms with Gasteiger partial charge in [0.2, 0.25) is 0 Å². The van der Waals surface area contributed by atoms with E-state index in [1.54, 1.807) is 6.92 Å². The van der Waals surface area contributed by atoms with E-state index in [0.29, 0.717) is 0 Å². The summed E-state index contributed by atoms with van der Waals surface area (Å²) in [5.41, 5.74) is 1.16. The molecule has 0 amide bonds. The summed E-state index contributed by atoms with van der Waals surface area (Å²) in [5.74, 6) is 0. The highest BCUT2D eigenvalue weighted by molar-refractivity contribution is 5.22. The summed E-state index contributed by atoms with van der Waals surface area (Å²) in [6.45, 7) is 1.76. The summed E-state index contributed by atoms with van der Waals surface area (Å²) in [4.78, 5) is 0. The van der Waals surface area contributed by atoms with Crippen molar-refractivity contribution in [1.29, 1.82) is 0 Å². The third-order valence-electron chi connectivity index (χ3n) is 2.13. The minimum Gasteiger partial charge on any atom is -0.391 e. The monoisotopic (exact) mass is 164 g/mol. The van der Waals surface area contributed by atoms with Gasteiger partial charge in [0.1, 0.15) is 12.2 Å². The van der Waals surface area contributed by atoms with Crippen molar-refractivity contribution in [3.05, 3.63) is 35.9 Å². The molecule has 0 saturated carbocycles. The number of ether oxygens (including phenoxy) is 1. The first-order valence-electron chi connectivity index (χ1n) is 4.17. The van der Waals surface area contributed by atoms with E-state index in [1.807, 2.05) is 30.3 Å². The van der Waals surface area contributed by atoms with Crippen LogP contribution in [0.15, 0.2) is 30.3 Å². The third kappa shape index (κ3) is 1.36. The van der Waals surface area contributed by atoms with Crippen LogP contribution in [-0.4, -0.2) is 17.3 Å². The molecule has 1 N–H and O–H groups in total. The topological polar surface area (TPSA) is 32.8 Å². The van der Waals surface area contributed by atoms with Crippen molar-refractivity contribution in [3.63, 3.8) is 0 Å². The van der Waals surface area contributed by atoms with Crippen LogP contribution in [0.4, 0.5) is 0 Å². The summed E-state index contributed by atoms with van der Waals surface area (Å²) < 4.78 is 5.31. The van der Waals surface area contributed by atoms with Gasteiger partial charge in [-0.2, -0.15) is 0 Å². The molecule has 0 bridgehead atoms. The fourth-order valence-electron chi connectivity index (χ4n) is 1.40. The molecule has 1 aliphatic heterocycles. The first-order valence-corrected chi connectivity index (χ1v) is 4.17. The fraction of sp³-hybridized carbons (Fsp3) is 0.400. The molecule has 2 rings (SSSR count). The summed E-state index contributed by atoms with van der Waals surface area (Å²) in [6.07, 6.45) is -0.242. The Morgan fingerprint density at radius 1 is 1.33 bits per heavy atom. The quantitative estimate of drug-likeness (QED) is 0.672. The highest BCUT2D eigenvalue weighted by atomic mass is 16.6. The molecular weight excluding hydrogens is 152 g/mol. The molecule has 1 fully saturated rings. The maximum absolute atomic E-state index is 9.20. The Hall–Kier alpha value is -0.860. The fourth-order valence-corrected chi connectivity index (χ4v) is 1.40. The van der Waals surface area contributed by atoms with Gasteiger partial charge in [-0.05, 0) is 12.5 Å². The molecule has 1 saturated heterocycles. The lowest BCUT2D eigenvalue weighted by molar-refractivity contribution is 0.152. The van der Waals surface area contributed by atoms with E-state index in [9.17, 15) is 5.11 Å². The number of epoxide rings is 1. The van der Waals surface area contributed by atoms with Crippen LogP contribution in [0.25, 0.3) is 0 Å². The Labute approximate surface area is 71.8 Å². The normalized spacial score (nSPS) is 29.8. The molecular formula is C10H12O2. The third-order valence-corrected chi connectivity index (χ3v) is 2.13. The molecule has 12 heavy (non-hydrogen) atoms. The van der Waals surface area contributed by atoms with E-state index in [4.69, 9.17) is 4.74 Å². The maximum atomic E-state index is 9.20. The number of aliphatic hydroxyl groups excluding tert-OH is 1. The van der Waals surface area contributed by atoms with Crippen LogP contribution in [0.1, 0.15) is 18.6 Å². The van der Waals surface area contributed by atoms with Crippen LogP contribution in [0.3, 0.4) is 0 Å². The lowest BCUT2D eigenvalue weighted by Crippen LogP contribution is -2.09. The molecule has 1 unspecified atom stereocenters. The zero-order valence-corrected chi connectivity index (χ0v) is 6.97. The Morgan fingerprint density at radius 3 is 2.50 bits per heavy atom. The Kier molecular flexibility index (Phi) is 1.87. The van der Waals surface area contributed by atoms with Crippen molar-refractivity contribution in [3.8, 4) is 0 Å². The Bertz CT molecular complexity index is 256. The van der Waals surface area contributed by atoms with Gasteiger partial charge in [-0.25, -0.2) is 0 Å². The van der Waals surface area contributed by atoms with Crippen LogP contribution in [0, 0.1) is 0 Å². The van der Waals surface area contributed by atoms with E-state index in [-0.39, 0.29) is 18.3 Å². The molecule has 64 valence electrons. The van der Waals surface area contributed by atoms with Crippen molar-refractivity contribution in [2.24, 2.45) is 0 Å². The average molecular weight is 164 g/mol. The molecule has 1 aliphatic rings. The van der Waals surface area contributed by atoms with Crippen molar-refractivity contribution < 1.29 is 9.84 Å². The van der Waals surface area contributed by atoms with Gasteiger partial charge >= 0.3 is 0 Å². The molecule has 0 aromatic heterocycles. The van der Waals surface area contributed by atoms with Gasteiger partial charge in [-0.15, -0.1) is 0 Å². The minimum atomic E-state index is -0.366. The molecule has 0 spiro atoms. The van der Waals surface area contributed by atoms with Gasteiger partial charge in [-0.1, -0.05) is 30.3 Å². The van der Waals surface area contributed by atoms with Gasteiger partial charge in [0.05, 0.1) is 6.10 Å². The largest absolute Gasteiger partial charge is 0.391 e. The SMILES string of the molecule is CC(O)[C@H]1O[C@H]1c1ccccc1. The lowest BCUT2D eigenvalue weighted by atomic mass is 10.1. The zero-order chi connectivity index (χ0) is 8.55. The van der Waals surface area contributed by atoms with Crippen LogP contribution in [0.5, 0.6) is 0 Å². The highest BCUT2D eigenvalue weighted by Crippen LogP contribution is 2.40. The van der Waals surface area contributed by atoms with E-state index < -0.39 is 0 Å². The van der Waals surface area contributed by atoms with Crippen LogP contribution < -0.4 is 0 Å². The molecule has 1 heterocycles. The standard InChI is InChI=1S/C10H12O2/c1-7(11)9-10(12-9)8-5-3-2-4-6-8/h2-7,9-11H,1H3/t7?,9-,10+/m1/s1. The summed E-state index contributed by atoms with van der Waals surface area (Å²) >= 11 is 0. The number of hydrogen-bond acceptors (Lipinski definition) is 2. The van der Waals surface area contributed by atoms with E-state index in [1.165, 1.54) is 0 Å². The van der Waals surface area contributed by atoms with Gasteiger partial charge in [-0.3, -0.25) is 0 Å². The van der Waals surface area contributed by atoms with Crippen LogP contribution >= 0.6 is 0 Å². The second-order valence-electron chi connectivity index (χ2n) is 3.17. The number of aliphatic hydroxyl groups is 1. The molecule has 1 aromatic carbocycles. The highest BCUT2D eigenvalue weighted by Gasteiger charge is 2.43. The Balaban J connectivity index is 2.06. The predicted octanol–water partition coefficient (Wildman–Crippen LogP) is 1.51. The minimum absolute atomic E-state index is 0.00685. The van der Waals surface area contributed by atoms with Gasteiger partial charge in [0, 0.05) is 0 Å². The predicted molar refractivity (Wildman–Crippen MR) is 45.7 cm³/mol. The van der Waals surface area contributed by atoms with Gasteiger partial charge in [0.15, 0.2) is 0 Å². The first-order chi connectivity index (χ1) is 5.79. The van der Waals surface area contributed by atoms with E-state index >= 15 is 0 Å². The molecule has 1 aromatic rings.